The molecule has 0 saturated carbocycles. The van der Waals surface area contributed by atoms with Crippen LogP contribution in [0.15, 0.2) is 48.6 Å². The smallest absolute Gasteiger partial charge is 0.462 e. The fourth-order valence-electron chi connectivity index (χ4n) is 5.69. The summed E-state index contributed by atoms with van der Waals surface area (Å²) in [5.74, 6) is -0.907. The van der Waals surface area contributed by atoms with Gasteiger partial charge in [0.25, 0.3) is 0 Å². The van der Waals surface area contributed by atoms with E-state index >= 15 is 0 Å². The number of hydrogen-bond donors (Lipinski definition) is 2. The van der Waals surface area contributed by atoms with Crippen molar-refractivity contribution in [2.75, 3.05) is 13.2 Å². The second-order valence-electron chi connectivity index (χ2n) is 14.0. The molecule has 0 aromatic heterocycles. The van der Waals surface area contributed by atoms with Crippen molar-refractivity contribution in [3.63, 3.8) is 0 Å². The highest BCUT2D eigenvalue weighted by molar-refractivity contribution is 7.46. The molecule has 0 radical (unpaired) electrons. The number of phosphoric acid groups is 1. The highest BCUT2D eigenvalue weighted by Gasteiger charge is 2.22. The molecule has 0 spiro atoms. The zero-order chi connectivity index (χ0) is 38.2. The number of carbonyl (C=O) groups is 2. The first kappa shape index (κ1) is 50.0. The van der Waals surface area contributed by atoms with Crippen molar-refractivity contribution < 1.29 is 37.9 Å². The molecule has 0 aromatic rings. The number of ether oxygens (including phenoxy) is 2. The van der Waals surface area contributed by atoms with Gasteiger partial charge in [-0.05, 0) is 70.6 Å². The third-order valence-electron chi connectivity index (χ3n) is 8.85. The molecule has 0 unspecified atom stereocenters. The van der Waals surface area contributed by atoms with Crippen LogP contribution in [-0.2, 0) is 28.2 Å². The molecule has 0 amide bonds. The van der Waals surface area contributed by atoms with Crippen LogP contribution in [0.3, 0.4) is 0 Å². The number of carbonyl (C=O) groups excluding carboxylic acids is 2. The summed E-state index contributed by atoms with van der Waals surface area (Å²) in [4.78, 5) is 42.8. The van der Waals surface area contributed by atoms with Gasteiger partial charge in [0.1, 0.15) is 6.61 Å². The molecule has 52 heavy (non-hydrogen) atoms. The average Bonchev–Trinajstić information content (AvgIpc) is 3.11. The maximum absolute atomic E-state index is 12.4. The van der Waals surface area contributed by atoms with Crippen LogP contribution in [0.1, 0.15) is 194 Å². The number of allylic oxidation sites excluding steroid dienone is 8. The molecule has 0 aliphatic carbocycles. The zero-order valence-corrected chi connectivity index (χ0v) is 34.1. The van der Waals surface area contributed by atoms with Crippen molar-refractivity contribution in [3.8, 4) is 0 Å². The lowest BCUT2D eigenvalue weighted by molar-refractivity contribution is -0.161. The predicted molar refractivity (Wildman–Crippen MR) is 216 cm³/mol. The highest BCUT2D eigenvalue weighted by Crippen LogP contribution is 2.36. The van der Waals surface area contributed by atoms with E-state index in [2.05, 4.69) is 67.0 Å². The van der Waals surface area contributed by atoms with Crippen molar-refractivity contribution in [1.29, 1.82) is 0 Å². The Bertz CT molecular complexity index is 984. The van der Waals surface area contributed by atoms with Crippen LogP contribution in [0.2, 0.25) is 0 Å². The molecule has 0 saturated heterocycles. The molecule has 302 valence electrons. The number of rotatable bonds is 38. The van der Waals surface area contributed by atoms with Crippen molar-refractivity contribution in [1.82, 2.24) is 0 Å². The minimum Gasteiger partial charge on any atom is -0.462 e. The van der Waals surface area contributed by atoms with Crippen molar-refractivity contribution in [2.24, 2.45) is 0 Å². The molecule has 9 heteroatoms. The molecule has 0 fully saturated rings. The third-order valence-corrected chi connectivity index (χ3v) is 9.33. The molecule has 0 heterocycles. The van der Waals surface area contributed by atoms with Crippen LogP contribution in [-0.4, -0.2) is 41.0 Å². The summed E-state index contributed by atoms with van der Waals surface area (Å²) >= 11 is 0. The van der Waals surface area contributed by atoms with Gasteiger partial charge in [-0.3, -0.25) is 14.1 Å². The molecule has 0 aromatic carbocycles. The van der Waals surface area contributed by atoms with Gasteiger partial charge in [0.05, 0.1) is 6.61 Å². The van der Waals surface area contributed by atoms with E-state index in [0.29, 0.717) is 6.42 Å². The van der Waals surface area contributed by atoms with Gasteiger partial charge < -0.3 is 19.3 Å². The largest absolute Gasteiger partial charge is 0.469 e. The Morgan fingerprint density at radius 1 is 0.519 bits per heavy atom. The Hall–Kier alpha value is -1.99. The first-order valence-corrected chi connectivity index (χ1v) is 22.5. The van der Waals surface area contributed by atoms with Gasteiger partial charge in [0.2, 0.25) is 0 Å². The van der Waals surface area contributed by atoms with E-state index in [9.17, 15) is 14.2 Å². The normalized spacial score (nSPS) is 12.9. The topological polar surface area (TPSA) is 119 Å². The van der Waals surface area contributed by atoms with Gasteiger partial charge in [-0.25, -0.2) is 4.57 Å². The number of unbranched alkanes of at least 4 members (excludes halogenated alkanes) is 21. The molecule has 0 bridgehead atoms. The third kappa shape index (κ3) is 40.8. The molecule has 0 aliphatic rings. The Labute approximate surface area is 318 Å². The molecule has 0 aliphatic heterocycles. The molecule has 1 atom stereocenters. The lowest BCUT2D eigenvalue weighted by Crippen LogP contribution is -2.29. The number of esters is 2. The Kier molecular flexibility index (Phi) is 37.2. The zero-order valence-electron chi connectivity index (χ0n) is 33.2. The Morgan fingerprint density at radius 3 is 1.42 bits per heavy atom. The van der Waals surface area contributed by atoms with Crippen LogP contribution in [0.4, 0.5) is 0 Å². The van der Waals surface area contributed by atoms with E-state index in [4.69, 9.17) is 19.3 Å². The van der Waals surface area contributed by atoms with Crippen LogP contribution < -0.4 is 0 Å². The second kappa shape index (κ2) is 38.7. The van der Waals surface area contributed by atoms with E-state index in [1.807, 2.05) is 0 Å². The van der Waals surface area contributed by atoms with Gasteiger partial charge >= 0.3 is 19.8 Å². The minimum absolute atomic E-state index is 0.192. The maximum atomic E-state index is 12.4. The number of phosphoric ester groups is 1. The first-order chi connectivity index (χ1) is 25.3. The fourth-order valence-corrected chi connectivity index (χ4v) is 6.05. The molecule has 0 rings (SSSR count). The molecule has 2 N–H and O–H groups in total. The summed E-state index contributed by atoms with van der Waals surface area (Å²) in [6.45, 7) is 3.62. The quantitative estimate of drug-likeness (QED) is 0.0210. The summed E-state index contributed by atoms with van der Waals surface area (Å²) in [6, 6.07) is 0. The first-order valence-electron chi connectivity index (χ1n) is 20.9. The standard InChI is InChI=1S/C43H77O8P/c1-3-5-7-9-11-13-15-17-19-20-21-22-24-25-27-29-31-33-35-37-42(44)49-39-41(40-50-52(46,47)48)51-43(45)38-36-34-32-30-28-26-23-18-16-14-12-10-8-6-4-2/h11,13-14,16-19,23,41H,3-10,12,15,20-22,24-40H2,1-2H3,(H2,46,47,48)/b13-11+,16-14+,19-17+,23-18+/t41-/m1/s1. The van der Waals surface area contributed by atoms with Crippen molar-refractivity contribution in [2.45, 2.75) is 200 Å². The summed E-state index contributed by atoms with van der Waals surface area (Å²) in [6.07, 6.45) is 46.8. The van der Waals surface area contributed by atoms with Crippen LogP contribution in [0.5, 0.6) is 0 Å². The van der Waals surface area contributed by atoms with Crippen LogP contribution in [0.25, 0.3) is 0 Å². The lowest BCUT2D eigenvalue weighted by atomic mass is 10.1. The average molecular weight is 753 g/mol. The van der Waals surface area contributed by atoms with E-state index in [0.717, 1.165) is 77.0 Å². The van der Waals surface area contributed by atoms with Crippen molar-refractivity contribution in [3.05, 3.63) is 48.6 Å². The number of hydrogen-bond acceptors (Lipinski definition) is 6. The van der Waals surface area contributed by atoms with E-state index in [1.165, 1.54) is 83.5 Å². The monoisotopic (exact) mass is 753 g/mol. The van der Waals surface area contributed by atoms with Gasteiger partial charge in [0, 0.05) is 12.8 Å². The van der Waals surface area contributed by atoms with Gasteiger partial charge in [-0.1, -0.05) is 159 Å². The summed E-state index contributed by atoms with van der Waals surface area (Å²) in [5.41, 5.74) is 0. The molecular formula is C43H77O8P. The van der Waals surface area contributed by atoms with Crippen LogP contribution in [0, 0.1) is 0 Å². The lowest BCUT2D eigenvalue weighted by Gasteiger charge is -2.18. The van der Waals surface area contributed by atoms with Gasteiger partial charge in [-0.15, -0.1) is 0 Å². The second-order valence-corrected chi connectivity index (χ2v) is 15.2. The van der Waals surface area contributed by atoms with Gasteiger partial charge in [-0.2, -0.15) is 0 Å². The SMILES string of the molecule is CCCCC/C=C/C/C=C/CCCCCCCCCCCC(=O)OC[C@H](COP(=O)(O)O)OC(=O)CCCCCCC/C=C/C=C/CCCCCC. The summed E-state index contributed by atoms with van der Waals surface area (Å²) in [5, 5.41) is 0. The van der Waals surface area contributed by atoms with E-state index in [1.54, 1.807) is 0 Å². The van der Waals surface area contributed by atoms with Gasteiger partial charge in [0.15, 0.2) is 6.10 Å². The molecular weight excluding hydrogens is 675 g/mol. The fraction of sp³-hybridized carbons (Fsp3) is 0.767. The predicted octanol–water partition coefficient (Wildman–Crippen LogP) is 12.7. The highest BCUT2D eigenvalue weighted by atomic mass is 31.2. The minimum atomic E-state index is -4.76. The van der Waals surface area contributed by atoms with E-state index in [-0.39, 0.29) is 19.4 Å². The maximum Gasteiger partial charge on any atom is 0.469 e. The Balaban J connectivity index is 3.94. The van der Waals surface area contributed by atoms with E-state index < -0.39 is 32.5 Å². The van der Waals surface area contributed by atoms with Crippen LogP contribution >= 0.6 is 7.82 Å². The summed E-state index contributed by atoms with van der Waals surface area (Å²) in [7, 11) is -4.76. The summed E-state index contributed by atoms with van der Waals surface area (Å²) < 4.78 is 26.4. The Morgan fingerprint density at radius 2 is 0.923 bits per heavy atom. The van der Waals surface area contributed by atoms with Crippen molar-refractivity contribution >= 4 is 19.8 Å². The molecule has 8 nitrogen and oxygen atoms in total.